The SMILES string of the molecule is Cc1cc(=O)c(C(=O)NCCc2nccs2)c[nH]1. The van der Waals surface area contributed by atoms with E-state index in [1.54, 1.807) is 24.5 Å². The third kappa shape index (κ3) is 3.04. The van der Waals surface area contributed by atoms with Crippen LogP contribution in [0.2, 0.25) is 0 Å². The molecule has 2 heterocycles. The number of amides is 1. The minimum Gasteiger partial charge on any atom is -0.364 e. The van der Waals surface area contributed by atoms with Crippen LogP contribution < -0.4 is 10.7 Å². The summed E-state index contributed by atoms with van der Waals surface area (Å²) in [7, 11) is 0. The van der Waals surface area contributed by atoms with E-state index in [0.29, 0.717) is 13.0 Å². The van der Waals surface area contributed by atoms with E-state index in [0.717, 1.165) is 10.7 Å². The molecular formula is C12H13N3O2S. The molecule has 0 saturated heterocycles. The zero-order valence-electron chi connectivity index (χ0n) is 9.90. The number of carbonyl (C=O) groups excluding carboxylic acids is 1. The van der Waals surface area contributed by atoms with Gasteiger partial charge in [0.25, 0.3) is 5.91 Å². The molecule has 0 aliphatic rings. The molecule has 0 atom stereocenters. The predicted octanol–water partition coefficient (Wildman–Crippen LogP) is 1.11. The fraction of sp³-hybridized carbons (Fsp3) is 0.250. The van der Waals surface area contributed by atoms with E-state index in [-0.39, 0.29) is 16.9 Å². The summed E-state index contributed by atoms with van der Waals surface area (Å²) < 4.78 is 0. The van der Waals surface area contributed by atoms with Crippen molar-refractivity contribution >= 4 is 17.2 Å². The minimum atomic E-state index is -0.354. The van der Waals surface area contributed by atoms with Crippen molar-refractivity contribution in [3.63, 3.8) is 0 Å². The van der Waals surface area contributed by atoms with Gasteiger partial charge in [-0.15, -0.1) is 11.3 Å². The van der Waals surface area contributed by atoms with Crippen LogP contribution in [0.25, 0.3) is 0 Å². The lowest BCUT2D eigenvalue weighted by atomic mass is 10.2. The molecule has 0 fully saturated rings. The topological polar surface area (TPSA) is 74.8 Å². The highest BCUT2D eigenvalue weighted by atomic mass is 32.1. The number of thiazole rings is 1. The van der Waals surface area contributed by atoms with Gasteiger partial charge in [-0.25, -0.2) is 4.98 Å². The van der Waals surface area contributed by atoms with Crippen molar-refractivity contribution in [2.24, 2.45) is 0 Å². The molecule has 2 N–H and O–H groups in total. The Hall–Kier alpha value is -1.95. The number of carbonyl (C=O) groups is 1. The maximum atomic E-state index is 11.8. The van der Waals surface area contributed by atoms with Gasteiger partial charge in [-0.2, -0.15) is 0 Å². The van der Waals surface area contributed by atoms with E-state index in [1.807, 2.05) is 5.38 Å². The number of hydrogen-bond donors (Lipinski definition) is 2. The number of hydrogen-bond acceptors (Lipinski definition) is 4. The van der Waals surface area contributed by atoms with Crippen LogP contribution in [-0.2, 0) is 6.42 Å². The zero-order valence-corrected chi connectivity index (χ0v) is 10.7. The highest BCUT2D eigenvalue weighted by Gasteiger charge is 2.09. The third-order valence-corrected chi connectivity index (χ3v) is 3.25. The Balaban J connectivity index is 1.93. The Kier molecular flexibility index (Phi) is 3.88. The average molecular weight is 263 g/mol. The second-order valence-corrected chi connectivity index (χ2v) is 4.80. The number of pyridine rings is 1. The monoisotopic (exact) mass is 263 g/mol. The van der Waals surface area contributed by atoms with Gasteiger partial charge in [0, 0.05) is 42.5 Å². The van der Waals surface area contributed by atoms with Crippen LogP contribution in [0, 0.1) is 6.92 Å². The number of H-pyrrole nitrogens is 1. The quantitative estimate of drug-likeness (QED) is 0.867. The third-order valence-electron chi connectivity index (χ3n) is 2.41. The molecule has 6 heteroatoms. The average Bonchev–Trinajstić information content (AvgIpc) is 2.81. The van der Waals surface area contributed by atoms with Crippen LogP contribution in [0.4, 0.5) is 0 Å². The molecule has 5 nitrogen and oxygen atoms in total. The Morgan fingerprint density at radius 1 is 1.56 bits per heavy atom. The van der Waals surface area contributed by atoms with E-state index in [4.69, 9.17) is 0 Å². The highest BCUT2D eigenvalue weighted by molar-refractivity contribution is 7.09. The Labute approximate surface area is 108 Å². The number of aromatic nitrogens is 2. The normalized spacial score (nSPS) is 10.3. The molecule has 0 bridgehead atoms. The lowest BCUT2D eigenvalue weighted by Gasteiger charge is -2.03. The molecule has 0 saturated carbocycles. The second-order valence-electron chi connectivity index (χ2n) is 3.83. The first-order valence-corrected chi connectivity index (χ1v) is 6.40. The van der Waals surface area contributed by atoms with E-state index in [9.17, 15) is 9.59 Å². The van der Waals surface area contributed by atoms with E-state index < -0.39 is 0 Å². The number of nitrogens with one attached hydrogen (secondary N) is 2. The fourth-order valence-corrected chi connectivity index (χ4v) is 2.13. The summed E-state index contributed by atoms with van der Waals surface area (Å²) in [5.74, 6) is -0.354. The van der Waals surface area contributed by atoms with Crippen molar-refractivity contribution in [1.82, 2.24) is 15.3 Å². The van der Waals surface area contributed by atoms with Crippen molar-refractivity contribution < 1.29 is 4.79 Å². The van der Waals surface area contributed by atoms with Gasteiger partial charge in [0.15, 0.2) is 5.43 Å². The lowest BCUT2D eigenvalue weighted by Crippen LogP contribution is -2.30. The summed E-state index contributed by atoms with van der Waals surface area (Å²) in [6.07, 6.45) is 3.84. The van der Waals surface area contributed by atoms with E-state index >= 15 is 0 Å². The number of rotatable bonds is 4. The Bertz CT molecular complexity index is 590. The van der Waals surface area contributed by atoms with Gasteiger partial charge in [-0.3, -0.25) is 9.59 Å². The smallest absolute Gasteiger partial charge is 0.256 e. The lowest BCUT2D eigenvalue weighted by molar-refractivity contribution is 0.0952. The largest absolute Gasteiger partial charge is 0.364 e. The van der Waals surface area contributed by atoms with Gasteiger partial charge in [0.05, 0.1) is 5.01 Å². The van der Waals surface area contributed by atoms with Crippen molar-refractivity contribution in [2.45, 2.75) is 13.3 Å². The molecule has 2 rings (SSSR count). The summed E-state index contributed by atoms with van der Waals surface area (Å²) in [5, 5.41) is 5.56. The molecule has 18 heavy (non-hydrogen) atoms. The molecule has 0 radical (unpaired) electrons. The molecule has 0 aliphatic heterocycles. The van der Waals surface area contributed by atoms with Crippen molar-refractivity contribution in [2.75, 3.05) is 6.54 Å². The van der Waals surface area contributed by atoms with Crippen molar-refractivity contribution in [3.05, 3.63) is 50.3 Å². The summed E-state index contributed by atoms with van der Waals surface area (Å²) in [6, 6.07) is 1.41. The highest BCUT2D eigenvalue weighted by Crippen LogP contribution is 2.03. The van der Waals surface area contributed by atoms with Crippen molar-refractivity contribution in [3.8, 4) is 0 Å². The van der Waals surface area contributed by atoms with Crippen molar-refractivity contribution in [1.29, 1.82) is 0 Å². The van der Waals surface area contributed by atoms with E-state index in [2.05, 4.69) is 15.3 Å². The van der Waals surface area contributed by atoms with Gasteiger partial charge < -0.3 is 10.3 Å². The summed E-state index contributed by atoms with van der Waals surface area (Å²) >= 11 is 1.55. The maximum Gasteiger partial charge on any atom is 0.256 e. The van der Waals surface area contributed by atoms with Gasteiger partial charge in [0.1, 0.15) is 5.56 Å². The molecule has 0 aliphatic carbocycles. The molecule has 0 spiro atoms. The fourth-order valence-electron chi connectivity index (χ4n) is 1.51. The van der Waals surface area contributed by atoms with Gasteiger partial charge in [-0.05, 0) is 6.92 Å². The molecule has 1 amide bonds. The predicted molar refractivity (Wildman–Crippen MR) is 70.0 cm³/mol. The standard InChI is InChI=1S/C12H13N3O2S/c1-8-6-10(16)9(7-15-8)12(17)14-3-2-11-13-4-5-18-11/h4-7H,2-3H2,1H3,(H,14,17)(H,15,16). The maximum absolute atomic E-state index is 11.8. The first-order chi connectivity index (χ1) is 8.66. The molecular weight excluding hydrogens is 250 g/mol. The molecule has 2 aromatic heterocycles. The molecule has 94 valence electrons. The molecule has 0 aromatic carbocycles. The van der Waals surface area contributed by atoms with Gasteiger partial charge in [0.2, 0.25) is 0 Å². The van der Waals surface area contributed by atoms with Crippen LogP contribution in [0.3, 0.4) is 0 Å². The molecule has 2 aromatic rings. The van der Waals surface area contributed by atoms with Crippen LogP contribution in [0.15, 0.2) is 28.6 Å². The van der Waals surface area contributed by atoms with Crippen LogP contribution in [0.1, 0.15) is 21.1 Å². The van der Waals surface area contributed by atoms with E-state index in [1.165, 1.54) is 12.3 Å². The van der Waals surface area contributed by atoms with Crippen LogP contribution in [-0.4, -0.2) is 22.4 Å². The minimum absolute atomic E-state index is 0.139. The molecule has 0 unspecified atom stereocenters. The Morgan fingerprint density at radius 3 is 3.06 bits per heavy atom. The first kappa shape index (κ1) is 12.5. The second kappa shape index (κ2) is 5.59. The number of nitrogens with zero attached hydrogens (tertiary/aromatic N) is 1. The van der Waals surface area contributed by atoms with Crippen LogP contribution in [0.5, 0.6) is 0 Å². The first-order valence-electron chi connectivity index (χ1n) is 5.53. The summed E-state index contributed by atoms with van der Waals surface area (Å²) in [5.41, 5.74) is 0.608. The van der Waals surface area contributed by atoms with Gasteiger partial charge >= 0.3 is 0 Å². The number of aryl methyl sites for hydroxylation is 1. The van der Waals surface area contributed by atoms with Gasteiger partial charge in [-0.1, -0.05) is 0 Å². The number of aromatic amines is 1. The van der Waals surface area contributed by atoms with Crippen LogP contribution >= 0.6 is 11.3 Å². The summed E-state index contributed by atoms with van der Waals surface area (Å²) in [4.78, 5) is 30.3. The Morgan fingerprint density at radius 2 is 2.39 bits per heavy atom. The zero-order chi connectivity index (χ0) is 13.0. The summed E-state index contributed by atoms with van der Waals surface area (Å²) in [6.45, 7) is 2.24.